The molecule has 2 aromatic carbocycles. The Morgan fingerprint density at radius 1 is 0.739 bits per heavy atom. The Morgan fingerprint density at radius 3 is 1.39 bits per heavy atom. The standard InChI is InChI=1S/C12H12N2O5S2.2Na.2H/c13-9-3-1-5-11(7-9)20(15,16)19-21(17,18)12-6-2-4-10(14)8-12;;;;/h1-8H,13-14H2;;;;/q;2*+1;2*-1. The summed E-state index contributed by atoms with van der Waals surface area (Å²) in [5, 5.41) is 0. The Morgan fingerprint density at radius 2 is 1.09 bits per heavy atom. The smallest absolute Gasteiger partial charge is 1.00 e. The van der Waals surface area contributed by atoms with Crippen LogP contribution in [0.3, 0.4) is 0 Å². The van der Waals surface area contributed by atoms with Crippen molar-refractivity contribution in [3.8, 4) is 0 Å². The van der Waals surface area contributed by atoms with Crippen LogP contribution in [-0.4, -0.2) is 16.8 Å². The molecule has 0 bridgehead atoms. The molecule has 0 aromatic heterocycles. The minimum absolute atomic E-state index is 0. The molecule has 0 unspecified atom stereocenters. The van der Waals surface area contributed by atoms with E-state index in [1.165, 1.54) is 36.4 Å². The van der Waals surface area contributed by atoms with Crippen molar-refractivity contribution >= 4 is 31.6 Å². The van der Waals surface area contributed by atoms with Crippen molar-refractivity contribution in [2.45, 2.75) is 9.79 Å². The Bertz CT molecular complexity index is 822. The molecule has 116 valence electrons. The van der Waals surface area contributed by atoms with Gasteiger partial charge in [-0.25, -0.2) is 0 Å². The molecule has 0 saturated carbocycles. The first-order valence-corrected chi connectivity index (χ1v) is 8.44. The van der Waals surface area contributed by atoms with E-state index in [-0.39, 0.29) is 83.1 Å². The molecule has 7 nitrogen and oxygen atoms in total. The van der Waals surface area contributed by atoms with Crippen molar-refractivity contribution in [3.63, 3.8) is 0 Å². The van der Waals surface area contributed by atoms with E-state index in [9.17, 15) is 16.8 Å². The summed E-state index contributed by atoms with van der Waals surface area (Å²) in [5.41, 5.74) is 11.3. The van der Waals surface area contributed by atoms with E-state index in [0.29, 0.717) is 0 Å². The van der Waals surface area contributed by atoms with Gasteiger partial charge in [0.25, 0.3) is 0 Å². The van der Waals surface area contributed by atoms with Crippen LogP contribution in [-0.2, 0) is 23.9 Å². The molecule has 0 radical (unpaired) electrons. The van der Waals surface area contributed by atoms with Crippen LogP contribution in [0.2, 0.25) is 0 Å². The minimum Gasteiger partial charge on any atom is -1.00 e. The first-order chi connectivity index (χ1) is 9.71. The van der Waals surface area contributed by atoms with E-state index in [0.717, 1.165) is 12.1 Å². The van der Waals surface area contributed by atoms with Crippen molar-refractivity contribution in [1.29, 1.82) is 0 Å². The summed E-state index contributed by atoms with van der Waals surface area (Å²) in [4.78, 5) is -0.704. The second-order valence-electron chi connectivity index (χ2n) is 4.12. The van der Waals surface area contributed by atoms with Crippen LogP contribution in [0.15, 0.2) is 58.3 Å². The van der Waals surface area contributed by atoms with E-state index in [2.05, 4.69) is 3.63 Å². The monoisotopic (exact) mass is 376 g/mol. The Kier molecular flexibility index (Phi) is 8.80. The first-order valence-electron chi connectivity index (χ1n) is 5.63. The molecule has 0 saturated heterocycles. The number of benzene rings is 2. The summed E-state index contributed by atoms with van der Waals surface area (Å²) < 4.78 is 52.2. The van der Waals surface area contributed by atoms with Gasteiger partial charge < -0.3 is 14.3 Å². The molecule has 0 amide bonds. The van der Waals surface area contributed by atoms with E-state index >= 15 is 0 Å². The maximum atomic E-state index is 12.0. The molecule has 23 heavy (non-hydrogen) atoms. The summed E-state index contributed by atoms with van der Waals surface area (Å²) in [6.45, 7) is 0. The van der Waals surface area contributed by atoms with Crippen LogP contribution >= 0.6 is 0 Å². The summed E-state index contributed by atoms with van der Waals surface area (Å²) >= 11 is 0. The van der Waals surface area contributed by atoms with Crippen LogP contribution < -0.4 is 70.6 Å². The van der Waals surface area contributed by atoms with Crippen LogP contribution in [0.1, 0.15) is 2.85 Å². The average Bonchev–Trinajstić information content (AvgIpc) is 2.37. The Labute approximate surface area is 182 Å². The first kappa shape index (κ1) is 22.9. The normalized spacial score (nSPS) is 11.1. The van der Waals surface area contributed by atoms with Crippen molar-refractivity contribution < 1.29 is 82.4 Å². The maximum absolute atomic E-state index is 12.0. The van der Waals surface area contributed by atoms with Gasteiger partial charge in [-0.15, -0.1) is 3.63 Å². The fraction of sp³-hybridized carbons (Fsp3) is 0. The third-order valence-electron chi connectivity index (χ3n) is 2.47. The van der Waals surface area contributed by atoms with Gasteiger partial charge in [-0.05, 0) is 36.4 Å². The van der Waals surface area contributed by atoms with Crippen LogP contribution in [0, 0.1) is 0 Å². The van der Waals surface area contributed by atoms with Crippen LogP contribution in [0.25, 0.3) is 0 Å². The molecule has 0 fully saturated rings. The van der Waals surface area contributed by atoms with Crippen LogP contribution in [0.5, 0.6) is 0 Å². The fourth-order valence-electron chi connectivity index (χ4n) is 1.54. The molecule has 0 aliphatic heterocycles. The molecule has 0 aliphatic carbocycles. The number of hydrogen-bond acceptors (Lipinski definition) is 7. The molecular weight excluding hydrogens is 362 g/mol. The fourth-order valence-corrected chi connectivity index (χ4v) is 4.16. The van der Waals surface area contributed by atoms with Crippen molar-refractivity contribution in [1.82, 2.24) is 0 Å². The second kappa shape index (κ2) is 8.84. The molecule has 0 heterocycles. The van der Waals surface area contributed by atoms with Crippen molar-refractivity contribution in [2.75, 3.05) is 11.5 Å². The molecule has 0 aliphatic rings. The third-order valence-corrected chi connectivity index (χ3v) is 5.57. The van der Waals surface area contributed by atoms with E-state index in [1.807, 2.05) is 0 Å². The Balaban J connectivity index is -0.00000121. The van der Waals surface area contributed by atoms with Gasteiger partial charge in [-0.3, -0.25) is 0 Å². The van der Waals surface area contributed by atoms with E-state index in [1.54, 1.807) is 0 Å². The molecule has 2 aromatic rings. The largest absolute Gasteiger partial charge is 1.00 e. The van der Waals surface area contributed by atoms with Crippen molar-refractivity contribution in [3.05, 3.63) is 48.5 Å². The minimum atomic E-state index is -4.51. The number of hydrogen-bond donors (Lipinski definition) is 2. The van der Waals surface area contributed by atoms with Gasteiger partial charge in [0.2, 0.25) is 0 Å². The average molecular weight is 376 g/mol. The Hall–Kier alpha value is -0.1000. The zero-order chi connectivity index (χ0) is 15.7. The summed E-state index contributed by atoms with van der Waals surface area (Å²) in [7, 11) is -9.02. The molecule has 11 heteroatoms. The molecule has 4 N–H and O–H groups in total. The van der Waals surface area contributed by atoms with Gasteiger partial charge in [0, 0.05) is 11.4 Å². The van der Waals surface area contributed by atoms with Gasteiger partial charge >= 0.3 is 79.4 Å². The molecule has 2 rings (SSSR count). The van der Waals surface area contributed by atoms with Gasteiger partial charge in [-0.1, -0.05) is 12.1 Å². The zero-order valence-electron chi connectivity index (χ0n) is 14.6. The van der Waals surface area contributed by atoms with Crippen molar-refractivity contribution in [2.24, 2.45) is 0 Å². The number of anilines is 2. The number of rotatable bonds is 4. The quantitative estimate of drug-likeness (QED) is 0.404. The van der Waals surface area contributed by atoms with E-state index in [4.69, 9.17) is 11.5 Å². The van der Waals surface area contributed by atoms with E-state index < -0.39 is 20.2 Å². The summed E-state index contributed by atoms with van der Waals surface area (Å²) in [6.07, 6.45) is 0. The van der Waals surface area contributed by atoms with Gasteiger partial charge in [0.1, 0.15) is 0 Å². The predicted molar refractivity (Wildman–Crippen MR) is 79.4 cm³/mol. The SMILES string of the molecule is Nc1cccc(S(=O)(=O)OS(=O)(=O)c2cccc(N)c2)c1.[H-].[H-].[Na+].[Na+]. The zero-order valence-corrected chi connectivity index (χ0v) is 18.3. The third kappa shape index (κ3) is 6.04. The number of nitrogens with two attached hydrogens (primary N) is 2. The molecule has 0 spiro atoms. The number of nitrogen functional groups attached to an aromatic ring is 2. The van der Waals surface area contributed by atoms with Gasteiger partial charge in [-0.2, -0.15) is 16.8 Å². The van der Waals surface area contributed by atoms with Crippen LogP contribution in [0.4, 0.5) is 11.4 Å². The topological polar surface area (TPSA) is 130 Å². The summed E-state index contributed by atoms with van der Waals surface area (Å²) in [6, 6.07) is 10.2. The predicted octanol–water partition coefficient (Wildman–Crippen LogP) is -4.82. The van der Waals surface area contributed by atoms with Gasteiger partial charge in [0.15, 0.2) is 0 Å². The molecule has 0 atom stereocenters. The maximum Gasteiger partial charge on any atom is 1.00 e. The second-order valence-corrected chi connectivity index (χ2v) is 7.42. The summed E-state index contributed by atoms with van der Waals surface area (Å²) in [5.74, 6) is 0. The van der Waals surface area contributed by atoms with Gasteiger partial charge in [0.05, 0.1) is 9.79 Å². The molecular formula is C12H14N2Na2O5S2.